The molecule has 1 aliphatic heterocycles. The number of hydrogen-bond acceptors (Lipinski definition) is 4. The molecule has 9 heteroatoms. The minimum atomic E-state index is -0.541. The number of phenols is 1. The number of H-pyrrole nitrogens is 1. The molecule has 0 spiro atoms. The summed E-state index contributed by atoms with van der Waals surface area (Å²) in [6, 6.07) is 11.2. The molecule has 2 aromatic carbocycles. The summed E-state index contributed by atoms with van der Waals surface area (Å²) in [7, 11) is 0. The van der Waals surface area contributed by atoms with Crippen molar-refractivity contribution in [3.63, 3.8) is 0 Å². The number of ether oxygens (including phenoxy) is 1. The third-order valence-corrected chi connectivity index (χ3v) is 6.47. The number of benzene rings is 2. The topological polar surface area (TPSA) is 84.3 Å². The van der Waals surface area contributed by atoms with Crippen LogP contribution in [0.25, 0.3) is 5.69 Å². The van der Waals surface area contributed by atoms with Crippen LogP contribution in [0.3, 0.4) is 0 Å². The van der Waals surface area contributed by atoms with Crippen LogP contribution < -0.4 is 4.74 Å². The van der Waals surface area contributed by atoms with Crippen LogP contribution in [0, 0.1) is 13.8 Å². The molecule has 0 fully saturated rings. The van der Waals surface area contributed by atoms with Gasteiger partial charge in [0.15, 0.2) is 0 Å². The van der Waals surface area contributed by atoms with Crippen molar-refractivity contribution in [2.45, 2.75) is 13.8 Å². The lowest BCUT2D eigenvalue weighted by Gasteiger charge is -2.19. The minimum Gasteiger partial charge on any atom is -0.507 e. The number of rotatable bonds is 2. The van der Waals surface area contributed by atoms with Crippen molar-refractivity contribution in [3.05, 3.63) is 91.3 Å². The Hall–Kier alpha value is -3.19. The van der Waals surface area contributed by atoms with Gasteiger partial charge in [0.2, 0.25) is 17.4 Å². The minimum absolute atomic E-state index is 0.0230. The van der Waals surface area contributed by atoms with Crippen LogP contribution >= 0.6 is 34.8 Å². The van der Waals surface area contributed by atoms with Crippen LogP contribution in [0.2, 0.25) is 15.2 Å². The number of hydrogen-bond donors (Lipinski definition) is 2. The highest BCUT2D eigenvalue weighted by Gasteiger charge is 2.34. The first-order valence-corrected chi connectivity index (χ1v) is 11.0. The van der Waals surface area contributed by atoms with Gasteiger partial charge >= 0.3 is 0 Å². The summed E-state index contributed by atoms with van der Waals surface area (Å²) >= 11 is 19.3. The Labute approximate surface area is 203 Å². The van der Waals surface area contributed by atoms with Gasteiger partial charge in [-0.3, -0.25) is 14.2 Å². The van der Waals surface area contributed by atoms with Crippen LogP contribution in [0.4, 0.5) is 0 Å². The maximum absolute atomic E-state index is 13.5. The van der Waals surface area contributed by atoms with E-state index in [9.17, 15) is 14.7 Å². The monoisotopic (exact) mass is 500 g/mol. The van der Waals surface area contributed by atoms with E-state index in [0.29, 0.717) is 0 Å². The predicted molar refractivity (Wildman–Crippen MR) is 126 cm³/mol. The van der Waals surface area contributed by atoms with Crippen molar-refractivity contribution < 1.29 is 19.4 Å². The fourth-order valence-electron chi connectivity index (χ4n) is 3.87. The molecule has 0 radical (unpaired) electrons. The SMILES string of the molecule is Cc1ccc(C(=O)c2cc(Cl)c3n2-c2c([nH]c(Cl)c2Cl)C(=O)c2ccc(C)cc2O3)c(O)c1. The molecule has 4 aromatic rings. The number of fused-ring (bicyclic) bond motifs is 4. The maximum Gasteiger partial charge on any atom is 0.224 e. The molecular formula is C24H15Cl3N2O4. The van der Waals surface area contributed by atoms with E-state index >= 15 is 0 Å². The van der Waals surface area contributed by atoms with Crippen molar-refractivity contribution in [2.75, 3.05) is 0 Å². The lowest BCUT2D eigenvalue weighted by molar-refractivity contribution is 0.101. The number of carbonyl (C=O) groups excluding carboxylic acids is 2. The fraction of sp³-hybridized carbons (Fsp3) is 0.0833. The molecular weight excluding hydrogens is 487 g/mol. The van der Waals surface area contributed by atoms with E-state index in [2.05, 4.69) is 4.98 Å². The van der Waals surface area contributed by atoms with Crippen molar-refractivity contribution in [1.82, 2.24) is 9.55 Å². The van der Waals surface area contributed by atoms with Crippen LogP contribution in [-0.2, 0) is 0 Å². The lowest BCUT2D eigenvalue weighted by atomic mass is 10.0. The van der Waals surface area contributed by atoms with Crippen LogP contribution in [0.1, 0.15) is 43.2 Å². The number of aromatic amines is 1. The molecule has 0 saturated heterocycles. The molecule has 0 saturated carbocycles. The van der Waals surface area contributed by atoms with E-state index in [4.69, 9.17) is 39.5 Å². The number of phenolic OH excluding ortho intramolecular Hbond substituents is 1. The normalized spacial score (nSPS) is 12.3. The fourth-order valence-corrected chi connectivity index (χ4v) is 4.51. The summed E-state index contributed by atoms with van der Waals surface area (Å²) in [6.45, 7) is 3.65. The van der Waals surface area contributed by atoms with Gasteiger partial charge in [0.25, 0.3) is 0 Å². The quantitative estimate of drug-likeness (QED) is 0.265. The molecule has 6 nitrogen and oxygen atoms in total. The van der Waals surface area contributed by atoms with Gasteiger partial charge in [0.1, 0.15) is 32.4 Å². The Morgan fingerprint density at radius 2 is 1.73 bits per heavy atom. The van der Waals surface area contributed by atoms with Crippen molar-refractivity contribution in [3.8, 4) is 23.1 Å². The molecule has 5 rings (SSSR count). The molecule has 166 valence electrons. The average Bonchev–Trinajstić information content (AvgIpc) is 3.22. The average molecular weight is 502 g/mol. The van der Waals surface area contributed by atoms with Crippen molar-refractivity contribution >= 4 is 46.4 Å². The molecule has 3 heterocycles. The zero-order valence-corrected chi connectivity index (χ0v) is 19.6. The molecule has 0 unspecified atom stereocenters. The summed E-state index contributed by atoms with van der Waals surface area (Å²) in [6.07, 6.45) is 0. The lowest BCUT2D eigenvalue weighted by Crippen LogP contribution is -2.16. The summed E-state index contributed by atoms with van der Waals surface area (Å²) in [5, 5.41) is 10.6. The second-order valence-corrected chi connectivity index (χ2v) is 8.94. The summed E-state index contributed by atoms with van der Waals surface area (Å²) in [4.78, 5) is 29.7. The molecule has 0 atom stereocenters. The van der Waals surface area contributed by atoms with Crippen molar-refractivity contribution in [1.29, 1.82) is 0 Å². The number of nitrogens with one attached hydrogen (secondary N) is 1. The van der Waals surface area contributed by atoms with E-state index in [1.165, 1.54) is 22.8 Å². The van der Waals surface area contributed by atoms with Gasteiger partial charge in [0.05, 0.1) is 22.5 Å². The standard InChI is InChI=1S/C24H15Cl3N2O4/c1-10-3-5-12(16(30)7-10)21(31)15-9-14(25)24-29(15)20-18(26)23(27)28-19(20)22(32)13-6-4-11(2)8-17(13)33-24/h3-9,28,30H,1-2H3. The first-order valence-electron chi connectivity index (χ1n) is 9.83. The summed E-state index contributed by atoms with van der Waals surface area (Å²) in [5.41, 5.74) is 2.24. The van der Waals surface area contributed by atoms with Gasteiger partial charge in [-0.1, -0.05) is 46.9 Å². The van der Waals surface area contributed by atoms with Gasteiger partial charge in [-0.05, 0) is 55.3 Å². The zero-order valence-electron chi connectivity index (χ0n) is 17.3. The summed E-state index contributed by atoms with van der Waals surface area (Å²) in [5.74, 6) is -0.786. The van der Waals surface area contributed by atoms with Crippen LogP contribution in [0.5, 0.6) is 17.4 Å². The number of aromatic hydroxyl groups is 1. The second kappa shape index (κ2) is 7.70. The number of nitrogens with zero attached hydrogens (tertiary/aromatic N) is 1. The molecule has 0 aliphatic carbocycles. The van der Waals surface area contributed by atoms with Gasteiger partial charge < -0.3 is 14.8 Å². The predicted octanol–water partition coefficient (Wildman–Crippen LogP) is 6.66. The number of ketones is 2. The van der Waals surface area contributed by atoms with Gasteiger partial charge in [-0.25, -0.2) is 0 Å². The number of aryl methyl sites for hydroxylation is 2. The zero-order chi connectivity index (χ0) is 23.6. The molecule has 0 bridgehead atoms. The summed E-state index contributed by atoms with van der Waals surface area (Å²) < 4.78 is 7.44. The third kappa shape index (κ3) is 3.33. The Balaban J connectivity index is 1.84. The van der Waals surface area contributed by atoms with Gasteiger partial charge in [-0.15, -0.1) is 0 Å². The van der Waals surface area contributed by atoms with E-state index in [1.807, 2.05) is 6.92 Å². The van der Waals surface area contributed by atoms with E-state index < -0.39 is 11.6 Å². The smallest absolute Gasteiger partial charge is 0.224 e. The van der Waals surface area contributed by atoms with Crippen LogP contribution in [-0.4, -0.2) is 26.2 Å². The van der Waals surface area contributed by atoms with E-state index in [0.717, 1.165) is 11.1 Å². The molecule has 33 heavy (non-hydrogen) atoms. The van der Waals surface area contributed by atoms with Gasteiger partial charge in [0, 0.05) is 0 Å². The third-order valence-electron chi connectivity index (χ3n) is 5.45. The highest BCUT2D eigenvalue weighted by molar-refractivity contribution is 6.43. The highest BCUT2D eigenvalue weighted by atomic mass is 35.5. The molecule has 1 aliphatic rings. The number of halogens is 3. The largest absolute Gasteiger partial charge is 0.507 e. The molecule has 2 N–H and O–H groups in total. The Morgan fingerprint density at radius 3 is 2.45 bits per heavy atom. The van der Waals surface area contributed by atoms with Crippen LogP contribution in [0.15, 0.2) is 42.5 Å². The van der Waals surface area contributed by atoms with E-state index in [-0.39, 0.29) is 60.8 Å². The maximum atomic E-state index is 13.5. The van der Waals surface area contributed by atoms with Crippen molar-refractivity contribution in [2.24, 2.45) is 0 Å². The second-order valence-electron chi connectivity index (χ2n) is 7.78. The first kappa shape index (κ1) is 21.6. The molecule has 0 amide bonds. The molecule has 2 aromatic heterocycles. The first-order chi connectivity index (χ1) is 15.7. The number of carbonyl (C=O) groups is 2. The Kier molecular flexibility index (Phi) is 5.05. The van der Waals surface area contributed by atoms with Gasteiger partial charge in [-0.2, -0.15) is 0 Å². The Bertz CT molecular complexity index is 1500. The highest BCUT2D eigenvalue weighted by Crippen LogP contribution is 2.45. The van der Waals surface area contributed by atoms with E-state index in [1.54, 1.807) is 31.2 Å². The Morgan fingerprint density at radius 1 is 1.03 bits per heavy atom. The number of aromatic nitrogens is 2.